The van der Waals surface area contributed by atoms with Gasteiger partial charge in [-0.15, -0.1) is 11.8 Å². The Balaban J connectivity index is 1.78. The second-order valence-electron chi connectivity index (χ2n) is 5.38. The highest BCUT2D eigenvalue weighted by Crippen LogP contribution is 2.30. The molecule has 3 atom stereocenters. The number of hydrogen-bond donors (Lipinski definition) is 2. The maximum Gasteiger partial charge on any atom is 0.351 e. The fourth-order valence-corrected chi connectivity index (χ4v) is 3.56. The van der Waals surface area contributed by atoms with Gasteiger partial charge in [-0.05, 0) is 25.3 Å². The average Bonchev–Trinajstić information content (AvgIpc) is 2.98. The van der Waals surface area contributed by atoms with Crippen molar-refractivity contribution in [3.63, 3.8) is 0 Å². The van der Waals surface area contributed by atoms with Crippen LogP contribution in [0, 0.1) is 0 Å². The Morgan fingerprint density at radius 1 is 1.50 bits per heavy atom. The average molecular weight is 325 g/mol. The molecule has 7 nitrogen and oxygen atoms in total. The van der Waals surface area contributed by atoms with Gasteiger partial charge < -0.3 is 14.9 Å². The summed E-state index contributed by atoms with van der Waals surface area (Å²) in [5.41, 5.74) is -0.0329. The minimum atomic E-state index is -0.530. The lowest BCUT2D eigenvalue weighted by Crippen LogP contribution is -2.28. The van der Waals surface area contributed by atoms with Gasteiger partial charge in [0.1, 0.15) is 11.7 Å². The first-order valence-electron chi connectivity index (χ1n) is 7.40. The number of aliphatic imine (C=N–C) groups is 1. The highest BCUT2D eigenvalue weighted by Gasteiger charge is 2.27. The predicted octanol–water partition coefficient (Wildman–Crippen LogP) is 0.831. The Morgan fingerprint density at radius 3 is 3.05 bits per heavy atom. The maximum atomic E-state index is 12.1. The molecule has 0 spiro atoms. The number of aliphatic hydroxyl groups excluding tert-OH is 2. The number of ether oxygens (including phenoxy) is 1. The minimum absolute atomic E-state index is 0.0764. The third kappa shape index (κ3) is 3.40. The van der Waals surface area contributed by atoms with Gasteiger partial charge in [0.05, 0.1) is 12.7 Å². The molecule has 1 saturated carbocycles. The van der Waals surface area contributed by atoms with Crippen molar-refractivity contribution in [2.75, 3.05) is 12.4 Å². The van der Waals surface area contributed by atoms with E-state index in [-0.39, 0.29) is 12.0 Å². The van der Waals surface area contributed by atoms with Gasteiger partial charge in [-0.2, -0.15) is 4.98 Å². The lowest BCUT2D eigenvalue weighted by Gasteiger charge is -2.19. The summed E-state index contributed by atoms with van der Waals surface area (Å²) in [6, 6.07) is 1.65. The molecule has 8 heteroatoms. The summed E-state index contributed by atoms with van der Waals surface area (Å²) < 4.78 is 6.95. The molecule has 0 unspecified atom stereocenters. The zero-order valence-corrected chi connectivity index (χ0v) is 12.9. The first-order valence-corrected chi connectivity index (χ1v) is 8.45. The van der Waals surface area contributed by atoms with E-state index in [0.717, 1.165) is 19.3 Å². The summed E-state index contributed by atoms with van der Waals surface area (Å²) in [7, 11) is 0. The fourth-order valence-electron chi connectivity index (χ4n) is 2.62. The van der Waals surface area contributed by atoms with Crippen LogP contribution in [0.2, 0.25) is 0 Å². The fraction of sp³-hybridized carbons (Fsp3) is 0.643. The van der Waals surface area contributed by atoms with Crippen molar-refractivity contribution >= 4 is 23.3 Å². The van der Waals surface area contributed by atoms with E-state index in [1.54, 1.807) is 12.3 Å². The minimum Gasteiger partial charge on any atom is -0.393 e. The van der Waals surface area contributed by atoms with Crippen molar-refractivity contribution in [1.29, 1.82) is 0 Å². The Bertz CT molecular complexity index is 618. The number of thioether (sulfide) groups is 1. The number of aromatic nitrogens is 2. The van der Waals surface area contributed by atoms with Gasteiger partial charge in [-0.1, -0.05) is 6.42 Å². The Morgan fingerprint density at radius 2 is 2.36 bits per heavy atom. The highest BCUT2D eigenvalue weighted by molar-refractivity contribution is 8.00. The topological polar surface area (TPSA) is 96.9 Å². The molecular formula is C14H19N3O4S. The van der Waals surface area contributed by atoms with Gasteiger partial charge >= 0.3 is 5.69 Å². The van der Waals surface area contributed by atoms with Crippen molar-refractivity contribution in [1.82, 2.24) is 9.55 Å². The summed E-state index contributed by atoms with van der Waals surface area (Å²) in [5.74, 6) is 0.918. The summed E-state index contributed by atoms with van der Waals surface area (Å²) in [5, 5.41) is 19.0. The Labute approximate surface area is 132 Å². The Hall–Kier alpha value is -1.22. The van der Waals surface area contributed by atoms with E-state index in [9.17, 15) is 9.90 Å². The molecule has 0 bridgehead atoms. The molecule has 3 rings (SSSR count). The Kier molecular flexibility index (Phi) is 4.92. The van der Waals surface area contributed by atoms with Crippen LogP contribution in [0.15, 0.2) is 22.1 Å². The van der Waals surface area contributed by atoms with E-state index in [1.165, 1.54) is 16.3 Å². The second kappa shape index (κ2) is 6.91. The van der Waals surface area contributed by atoms with E-state index in [2.05, 4.69) is 9.98 Å². The molecule has 0 aromatic carbocycles. The molecule has 2 N–H and O–H groups in total. The van der Waals surface area contributed by atoms with Gasteiger partial charge in [0.25, 0.3) is 0 Å². The summed E-state index contributed by atoms with van der Waals surface area (Å²) >= 11 is 1.47. The molecule has 1 saturated heterocycles. The smallest absolute Gasteiger partial charge is 0.351 e. The zero-order chi connectivity index (χ0) is 15.5. The van der Waals surface area contributed by atoms with E-state index in [1.807, 2.05) is 0 Å². The first kappa shape index (κ1) is 15.7. The van der Waals surface area contributed by atoms with Crippen LogP contribution in [0.4, 0.5) is 5.82 Å². The van der Waals surface area contributed by atoms with Crippen LogP contribution >= 0.6 is 11.8 Å². The van der Waals surface area contributed by atoms with Crippen LogP contribution in [-0.2, 0) is 4.74 Å². The van der Waals surface area contributed by atoms with Crippen molar-refractivity contribution in [2.24, 2.45) is 4.99 Å². The highest BCUT2D eigenvalue weighted by atomic mass is 32.2. The number of hydrogen-bond acceptors (Lipinski definition) is 7. The van der Waals surface area contributed by atoms with E-state index >= 15 is 0 Å². The molecule has 1 aliphatic heterocycles. The van der Waals surface area contributed by atoms with Gasteiger partial charge in [-0.25, -0.2) is 9.79 Å². The predicted molar refractivity (Wildman–Crippen MR) is 83.5 cm³/mol. The summed E-state index contributed by atoms with van der Waals surface area (Å²) in [4.78, 5) is 20.4. The largest absolute Gasteiger partial charge is 0.393 e. The SMILES string of the molecule is O=c1nc(N=C2CCCC[C@H]2O)ccn1[C@@H]1CS[C@H](CO)O1. The van der Waals surface area contributed by atoms with Crippen LogP contribution in [0.1, 0.15) is 31.9 Å². The molecule has 2 fully saturated rings. The molecule has 0 radical (unpaired) electrons. The van der Waals surface area contributed by atoms with Crippen molar-refractivity contribution < 1.29 is 14.9 Å². The molecule has 1 aromatic heterocycles. The van der Waals surface area contributed by atoms with Gasteiger partial charge in [0.15, 0.2) is 5.82 Å². The van der Waals surface area contributed by atoms with Crippen LogP contribution in [0.25, 0.3) is 0 Å². The van der Waals surface area contributed by atoms with Crippen LogP contribution in [0.5, 0.6) is 0 Å². The van der Waals surface area contributed by atoms with Crippen LogP contribution in [-0.4, -0.2) is 49.4 Å². The first-order chi connectivity index (χ1) is 10.7. The molecule has 22 heavy (non-hydrogen) atoms. The monoisotopic (exact) mass is 325 g/mol. The van der Waals surface area contributed by atoms with Crippen molar-refractivity contribution in [3.05, 3.63) is 22.7 Å². The van der Waals surface area contributed by atoms with Gasteiger partial charge in [0.2, 0.25) is 0 Å². The molecule has 1 aliphatic carbocycles. The molecule has 1 aromatic rings. The molecule has 0 amide bonds. The third-order valence-corrected chi connectivity index (χ3v) is 4.92. The molecular weight excluding hydrogens is 306 g/mol. The van der Waals surface area contributed by atoms with E-state index < -0.39 is 18.0 Å². The van der Waals surface area contributed by atoms with Crippen LogP contribution in [0.3, 0.4) is 0 Å². The molecule has 2 heterocycles. The van der Waals surface area contributed by atoms with Crippen molar-refractivity contribution in [2.45, 2.75) is 43.5 Å². The van der Waals surface area contributed by atoms with Crippen LogP contribution < -0.4 is 5.69 Å². The van der Waals surface area contributed by atoms with E-state index in [4.69, 9.17) is 9.84 Å². The number of aliphatic hydroxyl groups is 2. The zero-order valence-electron chi connectivity index (χ0n) is 12.1. The summed E-state index contributed by atoms with van der Waals surface area (Å²) in [6.07, 6.45) is 4.12. The lowest BCUT2D eigenvalue weighted by atomic mass is 9.96. The lowest BCUT2D eigenvalue weighted by molar-refractivity contribution is -0.00630. The quantitative estimate of drug-likeness (QED) is 0.854. The summed E-state index contributed by atoms with van der Waals surface area (Å²) in [6.45, 7) is -0.0764. The van der Waals surface area contributed by atoms with Crippen molar-refractivity contribution in [3.8, 4) is 0 Å². The van der Waals surface area contributed by atoms with E-state index in [0.29, 0.717) is 23.7 Å². The molecule has 2 aliphatic rings. The number of nitrogens with zero attached hydrogens (tertiary/aromatic N) is 3. The van der Waals surface area contributed by atoms with Gasteiger partial charge in [-0.3, -0.25) is 4.57 Å². The van der Waals surface area contributed by atoms with Gasteiger partial charge in [0, 0.05) is 17.7 Å². The standard InChI is InChI=1S/C14H19N3O4S/c18-7-13-21-12(8-22-13)17-6-5-11(16-14(17)20)15-9-3-1-2-4-10(9)19/h5-6,10,12-13,18-19H,1-4,7-8H2/t10-,12+,13-/m1/s1. The second-order valence-corrected chi connectivity index (χ2v) is 6.57. The number of rotatable bonds is 3. The maximum absolute atomic E-state index is 12.1. The molecule has 120 valence electrons. The third-order valence-electron chi connectivity index (χ3n) is 3.81. The normalized spacial score (nSPS) is 30.8.